The Kier molecular flexibility index (Phi) is 5.50. The van der Waals surface area contributed by atoms with E-state index < -0.39 is 11.6 Å². The van der Waals surface area contributed by atoms with E-state index in [1.807, 2.05) is 11.0 Å². The van der Waals surface area contributed by atoms with Crippen LogP contribution in [0.3, 0.4) is 0 Å². The Hall–Kier alpha value is -4.16. The van der Waals surface area contributed by atoms with Crippen molar-refractivity contribution < 1.29 is 13.6 Å². The van der Waals surface area contributed by atoms with Crippen LogP contribution in [0, 0.1) is 23.0 Å². The van der Waals surface area contributed by atoms with Crippen molar-refractivity contribution in [2.45, 2.75) is 43.8 Å². The molecule has 4 aromatic rings. The molecular weight excluding hydrogens is 474 g/mol. The molecule has 0 aliphatic carbocycles. The average molecular weight is 499 g/mol. The molecule has 3 heterocycles. The highest BCUT2D eigenvalue weighted by Gasteiger charge is 2.42. The third-order valence-corrected chi connectivity index (χ3v) is 7.66. The summed E-state index contributed by atoms with van der Waals surface area (Å²) in [7, 11) is 1.68. The number of benzene rings is 3. The molecule has 0 saturated carbocycles. The first kappa shape index (κ1) is 23.3. The lowest BCUT2D eigenvalue weighted by Crippen LogP contribution is -2.50. The number of aromatic nitrogens is 3. The molecule has 37 heavy (non-hydrogen) atoms. The van der Waals surface area contributed by atoms with E-state index in [9.17, 15) is 14.4 Å². The molecule has 0 radical (unpaired) electrons. The molecule has 0 unspecified atom stereocenters. The van der Waals surface area contributed by atoms with Gasteiger partial charge in [-0.3, -0.25) is 4.79 Å². The number of hydrogen-bond donors (Lipinski definition) is 1. The molecule has 0 spiro atoms. The van der Waals surface area contributed by atoms with Crippen molar-refractivity contribution in [2.75, 3.05) is 0 Å². The van der Waals surface area contributed by atoms with Crippen LogP contribution >= 0.6 is 0 Å². The fourth-order valence-electron chi connectivity index (χ4n) is 5.88. The van der Waals surface area contributed by atoms with E-state index in [-0.39, 0.29) is 35.2 Å². The van der Waals surface area contributed by atoms with E-state index in [2.05, 4.69) is 10.3 Å². The number of halogens is 2. The highest BCUT2D eigenvalue weighted by molar-refractivity contribution is 5.99. The van der Waals surface area contributed by atoms with Crippen molar-refractivity contribution >= 4 is 16.9 Å². The van der Waals surface area contributed by atoms with Crippen molar-refractivity contribution in [2.24, 2.45) is 12.8 Å². The van der Waals surface area contributed by atoms with Gasteiger partial charge in [-0.15, -0.1) is 5.10 Å². The number of nitriles is 1. The maximum atomic E-state index is 15.4. The molecule has 2 fully saturated rings. The molecule has 2 bridgehead atoms. The summed E-state index contributed by atoms with van der Waals surface area (Å²) in [6.45, 7) is 0. The first-order chi connectivity index (χ1) is 17.8. The number of fused-ring (bicyclic) bond motifs is 3. The number of nitrogens with zero attached hydrogens (tertiary/aromatic N) is 5. The molecule has 1 amide bonds. The summed E-state index contributed by atoms with van der Waals surface area (Å²) in [4.78, 5) is 15.6. The van der Waals surface area contributed by atoms with Gasteiger partial charge in [0.2, 0.25) is 0 Å². The number of amides is 1. The minimum atomic E-state index is -0.685. The number of rotatable bonds is 3. The smallest absolute Gasteiger partial charge is 0.254 e. The lowest BCUT2D eigenvalue weighted by molar-refractivity contribution is 0.0575. The zero-order valence-corrected chi connectivity index (χ0v) is 20.2. The first-order valence-electron chi connectivity index (χ1n) is 12.3. The third kappa shape index (κ3) is 3.85. The van der Waals surface area contributed by atoms with Crippen molar-refractivity contribution in [1.82, 2.24) is 19.9 Å². The molecule has 3 atom stereocenters. The van der Waals surface area contributed by atoms with Crippen molar-refractivity contribution in [1.29, 1.82) is 5.26 Å². The Labute approximate surface area is 212 Å². The monoisotopic (exact) mass is 498 g/mol. The second-order valence-corrected chi connectivity index (χ2v) is 9.93. The van der Waals surface area contributed by atoms with Crippen LogP contribution in [-0.4, -0.2) is 43.9 Å². The first-order valence-corrected chi connectivity index (χ1v) is 12.3. The standard InChI is InChI=1S/C28H24F2N6O/c1-35-27-13-25(30)23(12-26(27)33-34-35)21-7-4-16(8-22(21)15-2-3-17(14-31)24(29)9-15)28(37)36-19-5-6-20(36)11-18(32)10-19/h2-4,7-9,12-13,18-20H,5-6,10-11,32H2,1H3/t18-,19+,20-. The molecule has 1 aromatic heterocycles. The number of carbonyl (C=O) groups is 1. The fraction of sp³-hybridized carbons (Fsp3) is 0.286. The molecule has 9 heteroatoms. The van der Waals surface area contributed by atoms with Crippen LogP contribution in [0.15, 0.2) is 48.5 Å². The molecule has 6 rings (SSSR count). The van der Waals surface area contributed by atoms with Gasteiger partial charge in [-0.05, 0) is 72.7 Å². The Morgan fingerprint density at radius 2 is 1.76 bits per heavy atom. The maximum Gasteiger partial charge on any atom is 0.254 e. The van der Waals surface area contributed by atoms with E-state index >= 15 is 4.39 Å². The van der Waals surface area contributed by atoms with Gasteiger partial charge in [-0.1, -0.05) is 17.3 Å². The molecule has 2 N–H and O–H groups in total. The van der Waals surface area contributed by atoms with Crippen LogP contribution in [0.1, 0.15) is 41.6 Å². The van der Waals surface area contributed by atoms with Gasteiger partial charge in [0.05, 0.1) is 11.1 Å². The lowest BCUT2D eigenvalue weighted by Gasteiger charge is -2.38. The van der Waals surface area contributed by atoms with Crippen molar-refractivity contribution in [3.63, 3.8) is 0 Å². The van der Waals surface area contributed by atoms with E-state index in [0.29, 0.717) is 33.3 Å². The predicted octanol–water partition coefficient (Wildman–Crippen LogP) is 4.55. The summed E-state index contributed by atoms with van der Waals surface area (Å²) in [5, 5.41) is 17.2. The second-order valence-electron chi connectivity index (χ2n) is 9.93. The Bertz CT molecular complexity index is 1590. The summed E-state index contributed by atoms with van der Waals surface area (Å²) in [5.74, 6) is -1.28. The molecule has 3 aromatic carbocycles. The number of aryl methyl sites for hydroxylation is 1. The van der Waals surface area contributed by atoms with Gasteiger partial charge in [0.25, 0.3) is 5.91 Å². The molecule has 186 valence electrons. The average Bonchev–Trinajstić information content (AvgIpc) is 3.38. The van der Waals surface area contributed by atoms with Gasteiger partial charge in [0.15, 0.2) is 0 Å². The predicted molar refractivity (Wildman–Crippen MR) is 134 cm³/mol. The van der Waals surface area contributed by atoms with Crippen molar-refractivity contribution in [3.8, 4) is 28.3 Å². The van der Waals surface area contributed by atoms with Gasteiger partial charge >= 0.3 is 0 Å². The molecule has 2 saturated heterocycles. The Morgan fingerprint density at radius 1 is 1.00 bits per heavy atom. The van der Waals surface area contributed by atoms with Gasteiger partial charge in [0.1, 0.15) is 23.2 Å². The number of hydrogen-bond acceptors (Lipinski definition) is 5. The van der Waals surface area contributed by atoms with Crippen LogP contribution < -0.4 is 5.73 Å². The zero-order chi connectivity index (χ0) is 25.8. The third-order valence-electron chi connectivity index (χ3n) is 7.66. The van der Waals surface area contributed by atoms with E-state index in [1.54, 1.807) is 37.4 Å². The largest absolute Gasteiger partial charge is 0.333 e. The Morgan fingerprint density at radius 3 is 2.46 bits per heavy atom. The highest BCUT2D eigenvalue weighted by atomic mass is 19.1. The summed E-state index contributed by atoms with van der Waals surface area (Å²) in [6.07, 6.45) is 3.41. The van der Waals surface area contributed by atoms with Crippen LogP contribution in [-0.2, 0) is 7.05 Å². The van der Waals surface area contributed by atoms with Gasteiger partial charge in [-0.25, -0.2) is 13.5 Å². The van der Waals surface area contributed by atoms with Gasteiger partial charge in [0, 0.05) is 42.4 Å². The highest BCUT2D eigenvalue weighted by Crippen LogP contribution is 2.39. The maximum absolute atomic E-state index is 15.4. The van der Waals surface area contributed by atoms with E-state index in [4.69, 9.17) is 5.73 Å². The zero-order valence-electron chi connectivity index (χ0n) is 20.2. The van der Waals surface area contributed by atoms with Crippen LogP contribution in [0.25, 0.3) is 33.3 Å². The van der Waals surface area contributed by atoms with Crippen LogP contribution in [0.2, 0.25) is 0 Å². The minimum absolute atomic E-state index is 0.0917. The van der Waals surface area contributed by atoms with E-state index in [0.717, 1.165) is 25.7 Å². The summed E-state index contributed by atoms with van der Waals surface area (Å²) in [6, 6.07) is 14.4. The lowest BCUT2D eigenvalue weighted by atomic mass is 9.90. The normalized spacial score (nSPS) is 20.8. The minimum Gasteiger partial charge on any atom is -0.333 e. The number of nitrogens with two attached hydrogens (primary N) is 1. The van der Waals surface area contributed by atoms with Crippen molar-refractivity contribution in [3.05, 3.63) is 71.3 Å². The molecule has 2 aliphatic heterocycles. The molecule has 7 nitrogen and oxygen atoms in total. The van der Waals surface area contributed by atoms with Gasteiger partial charge in [-0.2, -0.15) is 5.26 Å². The van der Waals surface area contributed by atoms with Crippen LogP contribution in [0.4, 0.5) is 8.78 Å². The fourth-order valence-corrected chi connectivity index (χ4v) is 5.88. The summed E-state index contributed by atoms with van der Waals surface area (Å²) >= 11 is 0. The Balaban J connectivity index is 1.50. The topological polar surface area (TPSA) is 101 Å². The number of carbonyl (C=O) groups excluding carboxylic acids is 1. The summed E-state index contributed by atoms with van der Waals surface area (Å²) in [5.41, 5.74) is 9.25. The summed E-state index contributed by atoms with van der Waals surface area (Å²) < 4.78 is 31.5. The van der Waals surface area contributed by atoms with E-state index in [1.165, 1.54) is 22.9 Å². The quantitative estimate of drug-likeness (QED) is 0.447. The second kappa shape index (κ2) is 8.75. The number of piperidine rings is 1. The SMILES string of the molecule is Cn1nnc2cc(-c3ccc(C(=O)N4[C@@H]5CC[C@H]4C[C@@H](N)C5)cc3-c3ccc(C#N)c(F)c3)c(F)cc21. The molecule has 2 aliphatic rings. The molecular formula is C28H24F2N6O. The van der Waals surface area contributed by atoms with Crippen LogP contribution in [0.5, 0.6) is 0 Å². The van der Waals surface area contributed by atoms with Gasteiger partial charge < -0.3 is 10.6 Å².